The predicted molar refractivity (Wildman–Crippen MR) is 133 cm³/mol. The zero-order chi connectivity index (χ0) is 24.8. The Morgan fingerprint density at radius 2 is 1.66 bits per heavy atom. The van der Waals surface area contributed by atoms with Crippen molar-refractivity contribution in [2.24, 2.45) is 5.92 Å². The molecule has 1 fully saturated rings. The molecule has 0 aliphatic carbocycles. The molecule has 0 spiro atoms. The molecule has 1 aliphatic rings. The third-order valence-corrected chi connectivity index (χ3v) is 5.94. The van der Waals surface area contributed by atoms with Crippen LogP contribution in [0.25, 0.3) is 0 Å². The van der Waals surface area contributed by atoms with Crippen molar-refractivity contribution in [2.75, 3.05) is 31.0 Å². The average Bonchev–Trinajstić information content (AvgIpc) is 3.29. The Labute approximate surface area is 203 Å². The van der Waals surface area contributed by atoms with Gasteiger partial charge >= 0.3 is 0 Å². The van der Waals surface area contributed by atoms with Gasteiger partial charge < -0.3 is 25.0 Å². The molecule has 35 heavy (non-hydrogen) atoms. The summed E-state index contributed by atoms with van der Waals surface area (Å²) in [6.45, 7) is 0.540. The van der Waals surface area contributed by atoms with Gasteiger partial charge in [-0.25, -0.2) is 0 Å². The summed E-state index contributed by atoms with van der Waals surface area (Å²) in [5, 5.41) is 5.72. The van der Waals surface area contributed by atoms with Crippen LogP contribution in [0.1, 0.15) is 22.3 Å². The third kappa shape index (κ3) is 5.43. The highest BCUT2D eigenvalue weighted by molar-refractivity contribution is 6.07. The summed E-state index contributed by atoms with van der Waals surface area (Å²) in [5.41, 5.74) is 2.28. The van der Waals surface area contributed by atoms with Gasteiger partial charge in [0.15, 0.2) is 0 Å². The molecule has 8 heteroatoms. The monoisotopic (exact) mass is 473 g/mol. The summed E-state index contributed by atoms with van der Waals surface area (Å²) in [6.07, 6.45) is 0.0972. The second-order valence-corrected chi connectivity index (χ2v) is 8.13. The van der Waals surface area contributed by atoms with E-state index in [1.165, 1.54) is 0 Å². The van der Waals surface area contributed by atoms with Crippen LogP contribution in [0.15, 0.2) is 72.8 Å². The fourth-order valence-corrected chi connectivity index (χ4v) is 4.04. The lowest BCUT2D eigenvalue weighted by molar-refractivity contribution is -0.122. The highest BCUT2D eigenvalue weighted by Gasteiger charge is 2.35. The van der Waals surface area contributed by atoms with Crippen molar-refractivity contribution in [1.82, 2.24) is 5.32 Å². The third-order valence-electron chi connectivity index (χ3n) is 5.94. The predicted octanol–water partition coefficient (Wildman–Crippen LogP) is 3.63. The molecule has 1 atom stereocenters. The second-order valence-electron chi connectivity index (χ2n) is 8.13. The molecule has 0 aromatic heterocycles. The largest absolute Gasteiger partial charge is 0.497 e. The molecule has 3 amide bonds. The van der Waals surface area contributed by atoms with E-state index in [4.69, 9.17) is 9.47 Å². The maximum absolute atomic E-state index is 13.0. The molecule has 1 saturated heterocycles. The number of benzene rings is 3. The van der Waals surface area contributed by atoms with E-state index >= 15 is 0 Å². The molecule has 3 aromatic carbocycles. The van der Waals surface area contributed by atoms with Crippen molar-refractivity contribution in [1.29, 1.82) is 0 Å². The van der Waals surface area contributed by atoms with Crippen LogP contribution in [-0.2, 0) is 16.1 Å². The molecule has 0 saturated carbocycles. The number of hydrogen-bond donors (Lipinski definition) is 2. The number of nitrogens with zero attached hydrogens (tertiary/aromatic N) is 1. The van der Waals surface area contributed by atoms with Gasteiger partial charge in [0.05, 0.1) is 31.4 Å². The van der Waals surface area contributed by atoms with Gasteiger partial charge in [0.2, 0.25) is 11.8 Å². The number of carbonyl (C=O) groups is 3. The number of anilines is 2. The first-order chi connectivity index (χ1) is 17.0. The molecular formula is C27H27N3O5. The first-order valence-electron chi connectivity index (χ1n) is 11.2. The van der Waals surface area contributed by atoms with Gasteiger partial charge in [-0.2, -0.15) is 0 Å². The summed E-state index contributed by atoms with van der Waals surface area (Å²) in [6, 6.07) is 21.4. The van der Waals surface area contributed by atoms with Crippen LogP contribution in [0.4, 0.5) is 11.4 Å². The molecule has 180 valence electrons. The van der Waals surface area contributed by atoms with Crippen LogP contribution < -0.4 is 25.0 Å². The van der Waals surface area contributed by atoms with Crippen molar-refractivity contribution in [2.45, 2.75) is 13.0 Å². The van der Waals surface area contributed by atoms with Gasteiger partial charge in [-0.15, -0.1) is 0 Å². The number of methoxy groups -OCH3 is 2. The summed E-state index contributed by atoms with van der Waals surface area (Å²) >= 11 is 0. The molecular weight excluding hydrogens is 446 g/mol. The molecule has 8 nitrogen and oxygen atoms in total. The lowest BCUT2D eigenvalue weighted by Gasteiger charge is -2.17. The van der Waals surface area contributed by atoms with Crippen molar-refractivity contribution in [3.63, 3.8) is 0 Å². The summed E-state index contributed by atoms with van der Waals surface area (Å²) in [4.78, 5) is 40.1. The quantitative estimate of drug-likeness (QED) is 0.521. The van der Waals surface area contributed by atoms with E-state index < -0.39 is 5.92 Å². The fraction of sp³-hybridized carbons (Fsp3) is 0.222. The minimum atomic E-state index is -0.533. The Hall–Kier alpha value is -4.33. The van der Waals surface area contributed by atoms with E-state index in [9.17, 15) is 14.4 Å². The molecule has 1 aliphatic heterocycles. The van der Waals surface area contributed by atoms with Gasteiger partial charge in [-0.1, -0.05) is 30.3 Å². The summed E-state index contributed by atoms with van der Waals surface area (Å²) < 4.78 is 10.5. The van der Waals surface area contributed by atoms with Gasteiger partial charge in [-0.05, 0) is 42.5 Å². The molecule has 3 aromatic rings. The number of rotatable bonds is 8. The van der Waals surface area contributed by atoms with E-state index in [1.807, 2.05) is 24.3 Å². The Morgan fingerprint density at radius 1 is 0.943 bits per heavy atom. The van der Waals surface area contributed by atoms with Crippen molar-refractivity contribution in [3.05, 3.63) is 83.9 Å². The first kappa shape index (κ1) is 23.8. The molecule has 0 radical (unpaired) electrons. The fourth-order valence-electron chi connectivity index (χ4n) is 4.04. The second kappa shape index (κ2) is 10.7. The maximum Gasteiger partial charge on any atom is 0.253 e. The highest BCUT2D eigenvalue weighted by atomic mass is 16.5. The summed E-state index contributed by atoms with van der Waals surface area (Å²) in [7, 11) is 3.15. The van der Waals surface area contributed by atoms with Crippen LogP contribution in [0.5, 0.6) is 11.5 Å². The van der Waals surface area contributed by atoms with Crippen molar-refractivity contribution >= 4 is 29.1 Å². The maximum atomic E-state index is 13.0. The smallest absolute Gasteiger partial charge is 0.253 e. The normalized spacial score (nSPS) is 15.0. The number of para-hydroxylation sites is 2. The number of carbonyl (C=O) groups excluding carboxylic acids is 3. The van der Waals surface area contributed by atoms with E-state index in [0.29, 0.717) is 28.4 Å². The molecule has 4 rings (SSSR count). The zero-order valence-corrected chi connectivity index (χ0v) is 19.6. The van der Waals surface area contributed by atoms with Crippen molar-refractivity contribution in [3.8, 4) is 11.5 Å². The summed E-state index contributed by atoms with van der Waals surface area (Å²) in [5.74, 6) is 0.0814. The zero-order valence-electron chi connectivity index (χ0n) is 19.6. The standard InChI is InChI=1S/C27H27N3O5/c1-34-21-13-11-20(12-14-21)30-17-19(15-25(30)31)26(32)29-23-9-5-4-8-22(23)27(33)28-16-18-7-3-6-10-24(18)35-2/h3-14,19H,15-17H2,1-2H3,(H,28,33)(H,29,32)/t19-/m1/s1. The lowest BCUT2D eigenvalue weighted by atomic mass is 10.1. The first-order valence-corrected chi connectivity index (χ1v) is 11.2. The lowest BCUT2D eigenvalue weighted by Crippen LogP contribution is -2.29. The minimum Gasteiger partial charge on any atom is -0.497 e. The topological polar surface area (TPSA) is 97.0 Å². The Bertz CT molecular complexity index is 1230. The van der Waals surface area contributed by atoms with Gasteiger partial charge in [0, 0.05) is 30.8 Å². The van der Waals surface area contributed by atoms with Crippen LogP contribution in [0.3, 0.4) is 0 Å². The average molecular weight is 474 g/mol. The van der Waals surface area contributed by atoms with Crippen LogP contribution in [-0.4, -0.2) is 38.5 Å². The Balaban J connectivity index is 1.42. The molecule has 0 unspecified atom stereocenters. The molecule has 0 bridgehead atoms. The van der Waals surface area contributed by atoms with E-state index in [1.54, 1.807) is 67.7 Å². The molecule has 2 N–H and O–H groups in total. The Kier molecular flexibility index (Phi) is 7.30. The van der Waals surface area contributed by atoms with Gasteiger partial charge in [0.1, 0.15) is 11.5 Å². The SMILES string of the molecule is COc1ccc(N2C[C@H](C(=O)Nc3ccccc3C(=O)NCc3ccccc3OC)CC2=O)cc1. The minimum absolute atomic E-state index is 0.0972. The number of amides is 3. The highest BCUT2D eigenvalue weighted by Crippen LogP contribution is 2.28. The van der Waals surface area contributed by atoms with E-state index in [-0.39, 0.29) is 37.2 Å². The van der Waals surface area contributed by atoms with Crippen LogP contribution in [0, 0.1) is 5.92 Å². The van der Waals surface area contributed by atoms with E-state index in [0.717, 1.165) is 5.56 Å². The van der Waals surface area contributed by atoms with Crippen LogP contribution in [0.2, 0.25) is 0 Å². The Morgan fingerprint density at radius 3 is 2.40 bits per heavy atom. The number of ether oxygens (including phenoxy) is 2. The van der Waals surface area contributed by atoms with Crippen LogP contribution >= 0.6 is 0 Å². The number of nitrogens with one attached hydrogen (secondary N) is 2. The van der Waals surface area contributed by atoms with Gasteiger partial charge in [-0.3, -0.25) is 14.4 Å². The molecule has 1 heterocycles. The number of hydrogen-bond acceptors (Lipinski definition) is 5. The van der Waals surface area contributed by atoms with E-state index in [2.05, 4.69) is 10.6 Å². The van der Waals surface area contributed by atoms with Crippen molar-refractivity contribution < 1.29 is 23.9 Å². The van der Waals surface area contributed by atoms with Gasteiger partial charge in [0.25, 0.3) is 5.91 Å².